The number of benzene rings is 1. The van der Waals surface area contributed by atoms with Crippen molar-refractivity contribution in [2.45, 2.75) is 35.6 Å². The van der Waals surface area contributed by atoms with Crippen LogP contribution in [-0.4, -0.2) is 14.4 Å². The monoisotopic (exact) mass is 406 g/mol. The van der Waals surface area contributed by atoms with Crippen LogP contribution in [0.15, 0.2) is 40.3 Å². The van der Waals surface area contributed by atoms with E-state index in [0.29, 0.717) is 6.54 Å². The van der Waals surface area contributed by atoms with Crippen LogP contribution in [0.25, 0.3) is 10.2 Å². The third-order valence-electron chi connectivity index (χ3n) is 4.30. The second-order valence-electron chi connectivity index (χ2n) is 5.74. The highest BCUT2D eigenvalue weighted by molar-refractivity contribution is 9.09. The third-order valence-corrected chi connectivity index (χ3v) is 7.95. The lowest BCUT2D eigenvalue weighted by Gasteiger charge is -2.29. The molecule has 0 fully saturated rings. The van der Waals surface area contributed by atoms with Crippen molar-refractivity contribution in [1.82, 2.24) is 9.55 Å². The van der Waals surface area contributed by atoms with E-state index in [1.807, 2.05) is 17.6 Å². The lowest BCUT2D eigenvalue weighted by molar-refractivity contribution is 0.553. The maximum absolute atomic E-state index is 12.9. The summed E-state index contributed by atoms with van der Waals surface area (Å²) in [6, 6.07) is 10.4. The smallest absolute Gasteiger partial charge is 0.263 e. The molecule has 3 aromatic rings. The Kier molecular flexibility index (Phi) is 3.86. The first-order chi connectivity index (χ1) is 11.1. The molecule has 3 heterocycles. The average molecular weight is 407 g/mol. The van der Waals surface area contributed by atoms with Gasteiger partial charge in [-0.1, -0.05) is 58.0 Å². The van der Waals surface area contributed by atoms with E-state index in [9.17, 15) is 4.79 Å². The number of aryl methyl sites for hydroxylation is 2. The fourth-order valence-corrected chi connectivity index (χ4v) is 6.12. The number of thioether (sulfide) groups is 1. The summed E-state index contributed by atoms with van der Waals surface area (Å²) in [5.74, 6) is 0. The zero-order valence-electron chi connectivity index (χ0n) is 12.7. The van der Waals surface area contributed by atoms with Gasteiger partial charge in [-0.15, -0.1) is 11.3 Å². The van der Waals surface area contributed by atoms with Gasteiger partial charge in [0.25, 0.3) is 5.56 Å². The van der Waals surface area contributed by atoms with Crippen LogP contribution in [0.3, 0.4) is 0 Å². The van der Waals surface area contributed by atoms with Crippen LogP contribution in [0.2, 0.25) is 0 Å². The van der Waals surface area contributed by atoms with E-state index < -0.39 is 0 Å². The van der Waals surface area contributed by atoms with E-state index >= 15 is 0 Å². The minimum absolute atomic E-state index is 0.0929. The fourth-order valence-electron chi connectivity index (χ4n) is 2.94. The number of hydrogen-bond donors (Lipinski definition) is 0. The summed E-state index contributed by atoms with van der Waals surface area (Å²) in [7, 11) is 0. The van der Waals surface area contributed by atoms with Gasteiger partial charge in [0.15, 0.2) is 5.16 Å². The van der Waals surface area contributed by atoms with Crippen molar-refractivity contribution in [3.63, 3.8) is 0 Å². The highest BCUT2D eigenvalue weighted by atomic mass is 79.9. The molecule has 4 rings (SSSR count). The van der Waals surface area contributed by atoms with Gasteiger partial charge >= 0.3 is 0 Å². The summed E-state index contributed by atoms with van der Waals surface area (Å²) >= 11 is 7.07. The number of fused-ring (bicyclic) bond motifs is 2. The third kappa shape index (κ3) is 2.47. The van der Waals surface area contributed by atoms with Crippen LogP contribution >= 0.6 is 39.0 Å². The van der Waals surface area contributed by atoms with Gasteiger partial charge in [0.2, 0.25) is 0 Å². The van der Waals surface area contributed by atoms with Crippen molar-refractivity contribution in [1.29, 1.82) is 0 Å². The Balaban J connectivity index is 1.87. The van der Waals surface area contributed by atoms with Gasteiger partial charge in [0.05, 0.1) is 10.6 Å². The molecule has 0 N–H and O–H groups in total. The standard InChI is InChI=1S/C17H15BrN2OS2/c1-9-10(2)22-15-13(9)16(21)20-8-12(18)14(23-17(20)19-15)11-6-4-3-5-7-11/h3-7,12,14H,8H2,1-2H3/t12-,14+/m1/s1. The van der Waals surface area contributed by atoms with E-state index in [4.69, 9.17) is 4.98 Å². The van der Waals surface area contributed by atoms with Crippen LogP contribution in [0.4, 0.5) is 0 Å². The van der Waals surface area contributed by atoms with E-state index in [-0.39, 0.29) is 15.6 Å². The Hall–Kier alpha value is -1.11. The number of alkyl halides is 1. The molecule has 0 saturated heterocycles. The van der Waals surface area contributed by atoms with Crippen LogP contribution in [0.1, 0.15) is 21.3 Å². The Bertz CT molecular complexity index is 949. The maximum atomic E-state index is 12.9. The molecule has 0 amide bonds. The quantitative estimate of drug-likeness (QED) is 0.434. The predicted molar refractivity (Wildman–Crippen MR) is 101 cm³/mol. The van der Waals surface area contributed by atoms with Gasteiger partial charge < -0.3 is 0 Å². The Morgan fingerprint density at radius 1 is 1.26 bits per heavy atom. The lowest BCUT2D eigenvalue weighted by atomic mass is 10.1. The summed E-state index contributed by atoms with van der Waals surface area (Å²) < 4.78 is 1.82. The molecule has 2 atom stereocenters. The second kappa shape index (κ2) is 5.76. The first kappa shape index (κ1) is 15.4. The molecule has 118 valence electrons. The largest absolute Gasteiger partial charge is 0.286 e. The molecule has 0 spiro atoms. The summed E-state index contributed by atoms with van der Waals surface area (Å²) in [6.07, 6.45) is 0. The van der Waals surface area contributed by atoms with Crippen LogP contribution < -0.4 is 5.56 Å². The molecule has 6 heteroatoms. The minimum Gasteiger partial charge on any atom is -0.286 e. The first-order valence-electron chi connectivity index (χ1n) is 7.42. The Labute approximate surface area is 150 Å². The van der Waals surface area contributed by atoms with Crippen molar-refractivity contribution < 1.29 is 0 Å². The summed E-state index contributed by atoms with van der Waals surface area (Å²) in [4.78, 5) is 19.9. The normalized spacial score (nSPS) is 20.7. The average Bonchev–Trinajstić information content (AvgIpc) is 2.83. The molecule has 0 aliphatic carbocycles. The van der Waals surface area contributed by atoms with E-state index in [2.05, 4.69) is 47.1 Å². The van der Waals surface area contributed by atoms with Crippen molar-refractivity contribution in [3.8, 4) is 0 Å². The first-order valence-corrected chi connectivity index (χ1v) is 10.0. The maximum Gasteiger partial charge on any atom is 0.263 e. The number of rotatable bonds is 1. The molecular weight excluding hydrogens is 392 g/mol. The predicted octanol–water partition coefficient (Wildman–Crippen LogP) is 4.69. The van der Waals surface area contributed by atoms with Gasteiger partial charge in [-0.25, -0.2) is 4.98 Å². The van der Waals surface area contributed by atoms with Crippen LogP contribution in [0, 0.1) is 13.8 Å². The fraction of sp³-hybridized carbons (Fsp3) is 0.294. The minimum atomic E-state index is 0.0929. The molecule has 0 saturated carbocycles. The van der Waals surface area contributed by atoms with E-state index in [0.717, 1.165) is 20.9 Å². The van der Waals surface area contributed by atoms with Gasteiger partial charge in [0.1, 0.15) is 4.83 Å². The molecule has 0 unspecified atom stereocenters. The second-order valence-corrected chi connectivity index (χ2v) is 9.23. The van der Waals surface area contributed by atoms with E-state index in [1.54, 1.807) is 23.1 Å². The number of hydrogen-bond acceptors (Lipinski definition) is 4. The van der Waals surface area contributed by atoms with Crippen molar-refractivity contribution in [3.05, 3.63) is 56.7 Å². The van der Waals surface area contributed by atoms with Crippen LogP contribution in [0.5, 0.6) is 0 Å². The van der Waals surface area contributed by atoms with Gasteiger partial charge in [-0.3, -0.25) is 9.36 Å². The molecule has 2 aromatic heterocycles. The summed E-state index contributed by atoms with van der Waals surface area (Å²) in [5, 5.41) is 1.88. The Morgan fingerprint density at radius 2 is 2.00 bits per heavy atom. The highest BCUT2D eigenvalue weighted by Crippen LogP contribution is 2.44. The van der Waals surface area contributed by atoms with Gasteiger partial charge in [-0.2, -0.15) is 0 Å². The zero-order chi connectivity index (χ0) is 16.1. The topological polar surface area (TPSA) is 34.9 Å². The molecule has 1 aliphatic rings. The molecule has 1 aliphatic heterocycles. The van der Waals surface area contributed by atoms with Crippen molar-refractivity contribution >= 4 is 49.2 Å². The van der Waals surface area contributed by atoms with Gasteiger partial charge in [-0.05, 0) is 25.0 Å². The molecule has 0 bridgehead atoms. The van der Waals surface area contributed by atoms with Crippen molar-refractivity contribution in [2.24, 2.45) is 0 Å². The molecule has 23 heavy (non-hydrogen) atoms. The molecule has 1 aromatic carbocycles. The summed E-state index contributed by atoms with van der Waals surface area (Å²) in [6.45, 7) is 4.72. The number of aromatic nitrogens is 2. The number of thiophene rings is 1. The number of nitrogens with zero attached hydrogens (tertiary/aromatic N) is 2. The zero-order valence-corrected chi connectivity index (χ0v) is 16.0. The number of halogens is 1. The highest BCUT2D eigenvalue weighted by Gasteiger charge is 2.31. The molecule has 0 radical (unpaired) electrons. The SMILES string of the molecule is Cc1sc2nc3n(c(=O)c2c1C)C[C@@H](Br)[C@H](c1ccccc1)S3. The van der Waals surface area contributed by atoms with Gasteiger partial charge in [0, 0.05) is 16.2 Å². The lowest BCUT2D eigenvalue weighted by Crippen LogP contribution is -2.32. The molecular formula is C17H15BrN2OS2. The van der Waals surface area contributed by atoms with E-state index in [1.165, 1.54) is 10.4 Å². The molecule has 3 nitrogen and oxygen atoms in total. The van der Waals surface area contributed by atoms with Crippen LogP contribution in [-0.2, 0) is 6.54 Å². The summed E-state index contributed by atoms with van der Waals surface area (Å²) in [5.41, 5.74) is 2.42. The Morgan fingerprint density at radius 3 is 2.74 bits per heavy atom. The van der Waals surface area contributed by atoms with Crippen molar-refractivity contribution in [2.75, 3.05) is 0 Å².